The molecule has 1 rings (SSSR count). The quantitative estimate of drug-likeness (QED) is 0.522. The maximum atomic E-state index is 13.9. The first kappa shape index (κ1) is 19.3. The molecule has 0 fully saturated rings. The molecule has 0 aliphatic heterocycles. The van der Waals surface area contributed by atoms with E-state index in [2.05, 4.69) is 5.32 Å². The average molecular weight is 444 g/mol. The van der Waals surface area contributed by atoms with Gasteiger partial charge in [0.1, 0.15) is 11.4 Å². The zero-order chi connectivity index (χ0) is 17.1. The third-order valence-corrected chi connectivity index (χ3v) is 3.87. The van der Waals surface area contributed by atoms with Crippen molar-refractivity contribution in [3.05, 3.63) is 26.0 Å². The molecule has 1 aromatic rings. The molecular weight excluding hydrogens is 424 g/mol. The summed E-state index contributed by atoms with van der Waals surface area (Å²) < 4.78 is 24.9. The highest BCUT2D eigenvalue weighted by atomic mass is 127. The highest BCUT2D eigenvalue weighted by Gasteiger charge is 2.23. The number of amides is 1. The van der Waals surface area contributed by atoms with Crippen molar-refractivity contribution in [2.45, 2.75) is 46.3 Å². The van der Waals surface area contributed by atoms with Gasteiger partial charge in [0.25, 0.3) is 0 Å². The van der Waals surface area contributed by atoms with Crippen LogP contribution >= 0.6 is 34.2 Å². The lowest BCUT2D eigenvalue weighted by atomic mass is 10.1. The van der Waals surface area contributed by atoms with Gasteiger partial charge < -0.3 is 14.8 Å². The van der Waals surface area contributed by atoms with Crippen molar-refractivity contribution >= 4 is 40.3 Å². The molecule has 0 bridgehead atoms. The van der Waals surface area contributed by atoms with Crippen LogP contribution in [0.4, 0.5) is 9.18 Å². The first-order valence-electron chi connectivity index (χ1n) is 6.86. The van der Waals surface area contributed by atoms with Crippen LogP contribution in [0.15, 0.2) is 6.07 Å². The fourth-order valence-electron chi connectivity index (χ4n) is 1.77. The van der Waals surface area contributed by atoms with E-state index in [1.165, 1.54) is 6.07 Å². The van der Waals surface area contributed by atoms with E-state index < -0.39 is 23.6 Å². The predicted octanol–water partition coefficient (Wildman–Crippen LogP) is 5.07. The molecule has 124 valence electrons. The Morgan fingerprint density at radius 3 is 2.59 bits per heavy atom. The van der Waals surface area contributed by atoms with Crippen LogP contribution in [0.25, 0.3) is 0 Å². The van der Waals surface area contributed by atoms with Crippen molar-refractivity contribution in [3.63, 3.8) is 0 Å². The zero-order valence-electron chi connectivity index (χ0n) is 13.2. The lowest BCUT2D eigenvalue weighted by Crippen LogP contribution is -2.34. The molecule has 7 heteroatoms. The fourth-order valence-corrected chi connectivity index (χ4v) is 2.90. The molecule has 0 heterocycles. The summed E-state index contributed by atoms with van der Waals surface area (Å²) in [5.41, 5.74) is 0.00465. The Hall–Kier alpha value is -0.760. The summed E-state index contributed by atoms with van der Waals surface area (Å²) in [7, 11) is 0. The topological polar surface area (TPSA) is 47.6 Å². The number of alkyl carbamates (subject to hydrolysis) is 1. The predicted molar refractivity (Wildman–Crippen MR) is 93.1 cm³/mol. The number of halogens is 3. The Balaban J connectivity index is 3.06. The largest absolute Gasteiger partial charge is 0.492 e. The standard InChI is InChI=1S/C15H20ClFINO3/c1-6-21-13-9(7-10(16)11(17)12(13)18)8(2)19-14(20)22-15(3,4)5/h7-8H,6H2,1-5H3,(H,19,20). The Morgan fingerprint density at radius 2 is 2.09 bits per heavy atom. The number of carbonyl (C=O) groups excluding carboxylic acids is 1. The lowest BCUT2D eigenvalue weighted by molar-refractivity contribution is 0.0507. The molecular formula is C15H20ClFINO3. The summed E-state index contributed by atoms with van der Waals surface area (Å²) in [6, 6.07) is 1.02. The van der Waals surface area contributed by atoms with Crippen molar-refractivity contribution in [1.29, 1.82) is 0 Å². The molecule has 0 aliphatic rings. The van der Waals surface area contributed by atoms with Crippen LogP contribution in [0, 0.1) is 9.39 Å². The van der Waals surface area contributed by atoms with E-state index in [1.54, 1.807) is 34.6 Å². The van der Waals surface area contributed by atoms with Crippen molar-refractivity contribution in [2.24, 2.45) is 0 Å². The van der Waals surface area contributed by atoms with E-state index in [4.69, 9.17) is 21.1 Å². The van der Waals surface area contributed by atoms with Crippen molar-refractivity contribution in [2.75, 3.05) is 6.61 Å². The van der Waals surface area contributed by atoms with Crippen LogP contribution < -0.4 is 10.1 Å². The molecule has 0 aliphatic carbocycles. The third-order valence-electron chi connectivity index (χ3n) is 2.63. The SMILES string of the molecule is CCOc1c(C(C)NC(=O)OC(C)(C)C)cc(Cl)c(F)c1I. The van der Waals surface area contributed by atoms with Gasteiger partial charge in [-0.05, 0) is 63.3 Å². The number of carbonyl (C=O) groups is 1. The molecule has 1 N–H and O–H groups in total. The summed E-state index contributed by atoms with van der Waals surface area (Å²) in [4.78, 5) is 11.9. The Labute approximate surface area is 148 Å². The van der Waals surface area contributed by atoms with E-state index >= 15 is 0 Å². The van der Waals surface area contributed by atoms with Crippen LogP contribution in [0.3, 0.4) is 0 Å². The number of rotatable bonds is 4. The number of hydrogen-bond donors (Lipinski definition) is 1. The highest BCUT2D eigenvalue weighted by Crippen LogP contribution is 2.36. The van der Waals surface area contributed by atoms with E-state index in [0.29, 0.717) is 21.5 Å². The minimum Gasteiger partial charge on any atom is -0.492 e. The minimum atomic E-state index is -0.596. The van der Waals surface area contributed by atoms with Gasteiger partial charge in [-0.2, -0.15) is 0 Å². The Kier molecular flexibility index (Phi) is 6.73. The average Bonchev–Trinajstić information content (AvgIpc) is 2.36. The molecule has 22 heavy (non-hydrogen) atoms. The highest BCUT2D eigenvalue weighted by molar-refractivity contribution is 14.1. The van der Waals surface area contributed by atoms with Crippen LogP contribution in [0.2, 0.25) is 5.02 Å². The molecule has 0 radical (unpaired) electrons. The van der Waals surface area contributed by atoms with Gasteiger partial charge in [0.05, 0.1) is 21.2 Å². The fraction of sp³-hybridized carbons (Fsp3) is 0.533. The zero-order valence-corrected chi connectivity index (χ0v) is 16.1. The van der Waals surface area contributed by atoms with Gasteiger partial charge in [-0.1, -0.05) is 11.6 Å². The van der Waals surface area contributed by atoms with Gasteiger partial charge in [0.15, 0.2) is 5.82 Å². The summed E-state index contributed by atoms with van der Waals surface area (Å²) in [5.74, 6) is -0.146. The number of benzene rings is 1. The van der Waals surface area contributed by atoms with E-state index in [9.17, 15) is 9.18 Å². The first-order chi connectivity index (χ1) is 10.1. The Bertz CT molecular complexity index is 561. The maximum absolute atomic E-state index is 13.9. The van der Waals surface area contributed by atoms with Crippen LogP contribution in [-0.4, -0.2) is 18.3 Å². The molecule has 1 atom stereocenters. The van der Waals surface area contributed by atoms with Crippen LogP contribution in [-0.2, 0) is 4.74 Å². The van der Waals surface area contributed by atoms with Crippen LogP contribution in [0.5, 0.6) is 5.75 Å². The molecule has 0 aromatic heterocycles. The van der Waals surface area contributed by atoms with E-state index in [0.717, 1.165) is 0 Å². The minimum absolute atomic E-state index is 0.0132. The van der Waals surface area contributed by atoms with Crippen LogP contribution in [0.1, 0.15) is 46.2 Å². The molecule has 0 spiro atoms. The van der Waals surface area contributed by atoms with Crippen molar-refractivity contribution in [3.8, 4) is 5.75 Å². The number of ether oxygens (including phenoxy) is 2. The summed E-state index contributed by atoms with van der Waals surface area (Å²) in [6.45, 7) is 9.27. The normalized spacial score (nSPS) is 12.7. The molecule has 0 saturated carbocycles. The van der Waals surface area contributed by atoms with E-state index in [1.807, 2.05) is 22.6 Å². The molecule has 4 nitrogen and oxygen atoms in total. The first-order valence-corrected chi connectivity index (χ1v) is 8.32. The second-order valence-electron chi connectivity index (χ2n) is 5.71. The number of hydrogen-bond acceptors (Lipinski definition) is 3. The van der Waals surface area contributed by atoms with Gasteiger partial charge in [0.2, 0.25) is 0 Å². The van der Waals surface area contributed by atoms with Crippen molar-refractivity contribution < 1.29 is 18.7 Å². The molecule has 1 amide bonds. The number of nitrogens with one attached hydrogen (secondary N) is 1. The Morgan fingerprint density at radius 1 is 1.50 bits per heavy atom. The third kappa shape index (κ3) is 5.15. The van der Waals surface area contributed by atoms with Gasteiger partial charge in [-0.25, -0.2) is 9.18 Å². The second-order valence-corrected chi connectivity index (χ2v) is 7.19. The second kappa shape index (κ2) is 7.68. The molecule has 1 unspecified atom stereocenters. The smallest absolute Gasteiger partial charge is 0.408 e. The lowest BCUT2D eigenvalue weighted by Gasteiger charge is -2.23. The van der Waals surface area contributed by atoms with Crippen molar-refractivity contribution in [1.82, 2.24) is 5.32 Å². The van der Waals surface area contributed by atoms with Gasteiger partial charge in [-0.15, -0.1) is 0 Å². The maximum Gasteiger partial charge on any atom is 0.408 e. The van der Waals surface area contributed by atoms with Gasteiger partial charge in [-0.3, -0.25) is 0 Å². The van der Waals surface area contributed by atoms with Gasteiger partial charge >= 0.3 is 6.09 Å². The van der Waals surface area contributed by atoms with Gasteiger partial charge in [0, 0.05) is 5.56 Å². The summed E-state index contributed by atoms with van der Waals surface area (Å²) in [6.07, 6.45) is -0.557. The molecule has 0 saturated heterocycles. The summed E-state index contributed by atoms with van der Waals surface area (Å²) >= 11 is 7.74. The van der Waals surface area contributed by atoms with E-state index in [-0.39, 0.29) is 5.02 Å². The summed E-state index contributed by atoms with van der Waals surface area (Å²) in [5, 5.41) is 2.69. The molecule has 1 aromatic carbocycles. The monoisotopic (exact) mass is 443 g/mol.